The van der Waals surface area contributed by atoms with Gasteiger partial charge in [-0.1, -0.05) is 0 Å². The average molecular weight is 494 g/mol. The van der Waals surface area contributed by atoms with Crippen molar-refractivity contribution in [2.24, 2.45) is 0 Å². The molecule has 36 heavy (non-hydrogen) atoms. The zero-order chi connectivity index (χ0) is 25.2. The van der Waals surface area contributed by atoms with Crippen LogP contribution in [-0.2, 0) is 35.5 Å². The predicted octanol–water partition coefficient (Wildman–Crippen LogP) is 2.59. The number of carbonyl (C=O) groups is 2. The Morgan fingerprint density at radius 3 is 2.81 bits per heavy atom. The van der Waals surface area contributed by atoms with Gasteiger partial charge in [-0.05, 0) is 44.4 Å². The highest BCUT2D eigenvalue weighted by Crippen LogP contribution is 2.36. The third-order valence-corrected chi connectivity index (χ3v) is 7.41. The number of carbonyl (C=O) groups excluding carboxylic acids is 2. The number of benzene rings is 1. The largest absolute Gasteiger partial charge is 0.452 e. The predicted molar refractivity (Wildman–Crippen MR) is 137 cm³/mol. The molecule has 0 saturated carbocycles. The second kappa shape index (κ2) is 10.3. The third kappa shape index (κ3) is 4.82. The molecule has 0 radical (unpaired) electrons. The maximum Gasteiger partial charge on any atom is 0.414 e. The minimum absolute atomic E-state index is 0.0310. The summed E-state index contributed by atoms with van der Waals surface area (Å²) in [6.45, 7) is 7.93. The molecule has 2 aliphatic rings. The molecule has 1 N–H and O–H groups in total. The number of methoxy groups -OCH3 is 1. The van der Waals surface area contributed by atoms with Gasteiger partial charge in [0.1, 0.15) is 5.82 Å². The Bertz CT molecular complexity index is 1240. The zero-order valence-electron chi connectivity index (χ0n) is 21.3. The highest BCUT2D eigenvalue weighted by molar-refractivity contribution is 5.95. The molecule has 10 nitrogen and oxygen atoms in total. The van der Waals surface area contributed by atoms with Crippen LogP contribution in [0.3, 0.4) is 0 Å². The molecule has 2 aliphatic heterocycles. The quantitative estimate of drug-likeness (QED) is 0.543. The van der Waals surface area contributed by atoms with Crippen molar-refractivity contribution in [3.63, 3.8) is 0 Å². The zero-order valence-corrected chi connectivity index (χ0v) is 21.3. The van der Waals surface area contributed by atoms with Gasteiger partial charge in [-0.3, -0.25) is 19.3 Å². The molecule has 2 aromatic heterocycles. The van der Waals surface area contributed by atoms with Gasteiger partial charge < -0.3 is 14.6 Å². The van der Waals surface area contributed by atoms with Crippen LogP contribution in [0.15, 0.2) is 30.6 Å². The van der Waals surface area contributed by atoms with Crippen LogP contribution in [0.5, 0.6) is 0 Å². The van der Waals surface area contributed by atoms with E-state index in [1.165, 1.54) is 7.11 Å². The molecule has 192 valence electrons. The van der Waals surface area contributed by atoms with Crippen LogP contribution >= 0.6 is 0 Å². The molecule has 10 heteroatoms. The standard InChI is InChI=1S/C26H35N7O3/c1-18-5-6-21-22(33(18)26(35)36-3)7-8-23-25(21)29-24(10-14-31-12-4-11-27-31)32(23)16-15-30-13-9-20(17-30)28-19(2)34/h4,7-8,11-12,18,20H,5-6,9-10,13-17H2,1-3H3,(H,28,34)/t18-,20-/m0/s1. The number of ether oxygens (including phenoxy) is 1. The molecule has 2 amide bonds. The summed E-state index contributed by atoms with van der Waals surface area (Å²) in [7, 11) is 1.43. The number of imidazole rings is 1. The molecule has 0 bridgehead atoms. The van der Waals surface area contributed by atoms with E-state index >= 15 is 0 Å². The Balaban J connectivity index is 1.44. The Morgan fingerprint density at radius 2 is 2.06 bits per heavy atom. The van der Waals surface area contributed by atoms with E-state index in [1.54, 1.807) is 18.0 Å². The van der Waals surface area contributed by atoms with Crippen molar-refractivity contribution in [1.82, 2.24) is 29.5 Å². The van der Waals surface area contributed by atoms with E-state index in [4.69, 9.17) is 9.72 Å². The average Bonchev–Trinajstić information content (AvgIpc) is 3.60. The van der Waals surface area contributed by atoms with Gasteiger partial charge in [0.05, 0.1) is 23.8 Å². The van der Waals surface area contributed by atoms with E-state index in [2.05, 4.69) is 32.9 Å². The van der Waals surface area contributed by atoms with E-state index in [1.807, 2.05) is 23.0 Å². The van der Waals surface area contributed by atoms with Gasteiger partial charge >= 0.3 is 6.09 Å². The van der Waals surface area contributed by atoms with Gasteiger partial charge in [-0.2, -0.15) is 5.10 Å². The lowest BCUT2D eigenvalue weighted by atomic mass is 9.96. The molecule has 1 saturated heterocycles. The first kappa shape index (κ1) is 24.3. The highest BCUT2D eigenvalue weighted by Gasteiger charge is 2.31. The second-order valence-electron chi connectivity index (χ2n) is 9.84. The topological polar surface area (TPSA) is 97.5 Å². The van der Waals surface area contributed by atoms with Gasteiger partial charge in [0.25, 0.3) is 0 Å². The lowest BCUT2D eigenvalue weighted by Crippen LogP contribution is -2.42. The van der Waals surface area contributed by atoms with Crippen molar-refractivity contribution >= 4 is 28.7 Å². The number of hydrogen-bond acceptors (Lipinski definition) is 6. The first-order valence-electron chi connectivity index (χ1n) is 12.8. The Labute approximate surface area is 211 Å². The maximum absolute atomic E-state index is 12.6. The van der Waals surface area contributed by atoms with Crippen molar-refractivity contribution in [1.29, 1.82) is 0 Å². The van der Waals surface area contributed by atoms with Gasteiger partial charge in [0, 0.05) is 76.1 Å². The van der Waals surface area contributed by atoms with E-state index in [-0.39, 0.29) is 24.1 Å². The van der Waals surface area contributed by atoms with Crippen LogP contribution in [0.2, 0.25) is 0 Å². The molecule has 4 heterocycles. The van der Waals surface area contributed by atoms with Gasteiger partial charge in [-0.25, -0.2) is 9.78 Å². The Morgan fingerprint density at radius 1 is 1.19 bits per heavy atom. The number of aromatic nitrogens is 4. The number of rotatable bonds is 7. The number of aryl methyl sites for hydroxylation is 3. The highest BCUT2D eigenvalue weighted by atomic mass is 16.5. The van der Waals surface area contributed by atoms with E-state index in [9.17, 15) is 9.59 Å². The van der Waals surface area contributed by atoms with Crippen LogP contribution < -0.4 is 10.2 Å². The molecule has 0 aliphatic carbocycles. The van der Waals surface area contributed by atoms with Gasteiger partial charge in [0.15, 0.2) is 0 Å². The molecular weight excluding hydrogens is 458 g/mol. The first-order valence-corrected chi connectivity index (χ1v) is 12.8. The molecule has 5 rings (SSSR count). The maximum atomic E-state index is 12.6. The van der Waals surface area contributed by atoms with E-state index in [0.717, 1.165) is 86.5 Å². The van der Waals surface area contributed by atoms with Crippen LogP contribution in [0.1, 0.15) is 38.1 Å². The summed E-state index contributed by atoms with van der Waals surface area (Å²) < 4.78 is 9.34. The smallest absolute Gasteiger partial charge is 0.414 e. The van der Waals surface area contributed by atoms with Crippen molar-refractivity contribution in [2.45, 2.75) is 64.7 Å². The van der Waals surface area contributed by atoms with Crippen LogP contribution in [-0.4, -0.2) is 75.1 Å². The molecule has 1 aromatic carbocycles. The van der Waals surface area contributed by atoms with Crippen LogP contribution in [0, 0.1) is 0 Å². The van der Waals surface area contributed by atoms with Gasteiger partial charge in [-0.15, -0.1) is 0 Å². The van der Waals surface area contributed by atoms with Crippen LogP contribution in [0.25, 0.3) is 11.0 Å². The Kier molecular flexibility index (Phi) is 6.95. The third-order valence-electron chi connectivity index (χ3n) is 7.41. The number of fused-ring (bicyclic) bond motifs is 3. The van der Waals surface area contributed by atoms with E-state index < -0.39 is 0 Å². The van der Waals surface area contributed by atoms with Crippen molar-refractivity contribution in [2.75, 3.05) is 31.6 Å². The SMILES string of the molecule is COC(=O)N1c2ccc3c(nc(CCn4cccn4)n3CCN3CC[C@H](NC(C)=O)C3)c2CC[C@@H]1C. The molecule has 0 spiro atoms. The fourth-order valence-corrected chi connectivity index (χ4v) is 5.62. The summed E-state index contributed by atoms with van der Waals surface area (Å²) in [6, 6.07) is 6.37. The lowest BCUT2D eigenvalue weighted by molar-refractivity contribution is -0.119. The normalized spacial score (nSPS) is 20.0. The minimum atomic E-state index is -0.330. The van der Waals surface area contributed by atoms with Crippen molar-refractivity contribution in [3.05, 3.63) is 42.0 Å². The van der Waals surface area contributed by atoms with Crippen LogP contribution in [0.4, 0.5) is 10.5 Å². The fraction of sp³-hybridized carbons (Fsp3) is 0.538. The molecule has 0 unspecified atom stereocenters. The number of nitrogens with zero attached hydrogens (tertiary/aromatic N) is 6. The summed E-state index contributed by atoms with van der Waals surface area (Å²) in [5.41, 5.74) is 4.08. The fourth-order valence-electron chi connectivity index (χ4n) is 5.62. The number of nitrogens with one attached hydrogen (secondary N) is 1. The number of amides is 2. The summed E-state index contributed by atoms with van der Waals surface area (Å²) >= 11 is 0. The van der Waals surface area contributed by atoms with Gasteiger partial charge in [0.2, 0.25) is 5.91 Å². The van der Waals surface area contributed by atoms with E-state index in [0.29, 0.717) is 0 Å². The summed E-state index contributed by atoms with van der Waals surface area (Å²) in [4.78, 5) is 33.3. The summed E-state index contributed by atoms with van der Waals surface area (Å²) in [5, 5.41) is 7.40. The molecule has 2 atom stereocenters. The summed E-state index contributed by atoms with van der Waals surface area (Å²) in [5.74, 6) is 1.05. The molecular formula is C26H35N7O3. The number of anilines is 1. The first-order chi connectivity index (χ1) is 17.4. The number of hydrogen-bond donors (Lipinski definition) is 1. The minimum Gasteiger partial charge on any atom is -0.452 e. The molecule has 3 aromatic rings. The second-order valence-corrected chi connectivity index (χ2v) is 9.84. The van der Waals surface area contributed by atoms with Crippen molar-refractivity contribution < 1.29 is 14.3 Å². The lowest BCUT2D eigenvalue weighted by Gasteiger charge is -2.34. The Hall–Kier alpha value is -3.40. The van der Waals surface area contributed by atoms with Crippen molar-refractivity contribution in [3.8, 4) is 0 Å². The summed E-state index contributed by atoms with van der Waals surface area (Å²) in [6.07, 6.45) is 6.92. The monoisotopic (exact) mass is 493 g/mol. The number of likely N-dealkylation sites (tertiary alicyclic amines) is 1. The molecule has 1 fully saturated rings.